The number of ether oxygens (including phenoxy) is 1. The Balaban J connectivity index is 1.86. The van der Waals surface area contributed by atoms with Gasteiger partial charge in [-0.2, -0.15) is 0 Å². The largest absolute Gasteiger partial charge is 0.380 e. The van der Waals surface area contributed by atoms with Gasteiger partial charge in [0.1, 0.15) is 0 Å². The molecule has 0 atom stereocenters. The first-order valence-corrected chi connectivity index (χ1v) is 4.10. The predicted octanol–water partition coefficient (Wildman–Crippen LogP) is 1.01. The second kappa shape index (κ2) is 3.94. The van der Waals surface area contributed by atoms with Gasteiger partial charge in [0.15, 0.2) is 0 Å². The fourth-order valence-corrected chi connectivity index (χ4v) is 1.54. The highest BCUT2D eigenvalue weighted by Crippen LogP contribution is 2.32. The first-order chi connectivity index (χ1) is 4.83. The third-order valence-electron chi connectivity index (χ3n) is 2.09. The predicted molar refractivity (Wildman–Crippen MR) is 41.8 cm³/mol. The summed E-state index contributed by atoms with van der Waals surface area (Å²) < 4.78 is 5.31. The van der Waals surface area contributed by atoms with Crippen molar-refractivity contribution in [2.45, 2.75) is 19.8 Å². The molecule has 0 bridgehead atoms. The number of nitrogens with two attached hydrogens (primary N) is 1. The Hall–Kier alpha value is -0.0800. The standard InChI is InChI=1S/C8H17NO/c1-7-4-8(5-7)6-10-3-2-9/h7-8H,2-6,9H2,1H3. The van der Waals surface area contributed by atoms with E-state index in [0.717, 1.165) is 25.0 Å². The SMILES string of the molecule is CC1CC(COCCN)C1. The Morgan fingerprint density at radius 1 is 1.50 bits per heavy atom. The normalized spacial score (nSPS) is 31.8. The van der Waals surface area contributed by atoms with E-state index >= 15 is 0 Å². The van der Waals surface area contributed by atoms with Crippen molar-refractivity contribution in [2.24, 2.45) is 17.6 Å². The van der Waals surface area contributed by atoms with Crippen LogP contribution in [0, 0.1) is 11.8 Å². The molecule has 0 amide bonds. The molecule has 0 heterocycles. The van der Waals surface area contributed by atoms with Crippen molar-refractivity contribution in [3.05, 3.63) is 0 Å². The lowest BCUT2D eigenvalue weighted by molar-refractivity contribution is 0.0522. The maximum absolute atomic E-state index is 5.31. The smallest absolute Gasteiger partial charge is 0.0588 e. The van der Waals surface area contributed by atoms with Gasteiger partial charge in [0, 0.05) is 13.2 Å². The lowest BCUT2D eigenvalue weighted by Crippen LogP contribution is -2.26. The highest BCUT2D eigenvalue weighted by atomic mass is 16.5. The molecule has 2 heteroatoms. The zero-order valence-electron chi connectivity index (χ0n) is 6.68. The van der Waals surface area contributed by atoms with E-state index < -0.39 is 0 Å². The molecule has 0 spiro atoms. The van der Waals surface area contributed by atoms with E-state index in [0.29, 0.717) is 6.54 Å². The van der Waals surface area contributed by atoms with Crippen LogP contribution in [0.3, 0.4) is 0 Å². The van der Waals surface area contributed by atoms with Crippen molar-refractivity contribution in [3.63, 3.8) is 0 Å². The van der Waals surface area contributed by atoms with Gasteiger partial charge in [-0.05, 0) is 24.7 Å². The molecule has 1 rings (SSSR count). The molecule has 1 fully saturated rings. The third kappa shape index (κ3) is 2.27. The molecule has 1 aliphatic rings. The van der Waals surface area contributed by atoms with Gasteiger partial charge in [0.05, 0.1) is 6.61 Å². The molecule has 0 saturated heterocycles. The van der Waals surface area contributed by atoms with E-state index in [4.69, 9.17) is 10.5 Å². The molecule has 2 N–H and O–H groups in total. The highest BCUT2D eigenvalue weighted by Gasteiger charge is 2.24. The second-order valence-electron chi connectivity index (χ2n) is 3.31. The first kappa shape index (κ1) is 8.02. The molecule has 0 radical (unpaired) electrons. The molecular weight excluding hydrogens is 126 g/mol. The van der Waals surface area contributed by atoms with E-state index in [1.54, 1.807) is 0 Å². The molecule has 0 aromatic carbocycles. The maximum atomic E-state index is 5.31. The van der Waals surface area contributed by atoms with Crippen molar-refractivity contribution in [1.29, 1.82) is 0 Å². The van der Waals surface area contributed by atoms with Crippen LogP contribution in [0.15, 0.2) is 0 Å². The van der Waals surface area contributed by atoms with Crippen molar-refractivity contribution < 1.29 is 4.74 Å². The molecule has 1 aliphatic carbocycles. The van der Waals surface area contributed by atoms with Gasteiger partial charge in [0.2, 0.25) is 0 Å². The van der Waals surface area contributed by atoms with Crippen LogP contribution in [0.25, 0.3) is 0 Å². The zero-order chi connectivity index (χ0) is 7.40. The van der Waals surface area contributed by atoms with Gasteiger partial charge in [0.25, 0.3) is 0 Å². The first-order valence-electron chi connectivity index (χ1n) is 4.10. The van der Waals surface area contributed by atoms with Crippen molar-refractivity contribution in [2.75, 3.05) is 19.8 Å². The zero-order valence-corrected chi connectivity index (χ0v) is 6.68. The number of rotatable bonds is 4. The van der Waals surface area contributed by atoms with Crippen LogP contribution < -0.4 is 5.73 Å². The molecule has 0 aliphatic heterocycles. The quantitative estimate of drug-likeness (QED) is 0.596. The molecule has 0 aromatic heterocycles. The van der Waals surface area contributed by atoms with E-state index in [-0.39, 0.29) is 0 Å². The van der Waals surface area contributed by atoms with E-state index in [1.165, 1.54) is 12.8 Å². The maximum Gasteiger partial charge on any atom is 0.0588 e. The van der Waals surface area contributed by atoms with Crippen molar-refractivity contribution in [3.8, 4) is 0 Å². The van der Waals surface area contributed by atoms with Crippen molar-refractivity contribution >= 4 is 0 Å². The monoisotopic (exact) mass is 143 g/mol. The van der Waals surface area contributed by atoms with Crippen LogP contribution in [0.4, 0.5) is 0 Å². The minimum atomic E-state index is 0.655. The van der Waals surface area contributed by atoms with Crippen LogP contribution in [0.2, 0.25) is 0 Å². The van der Waals surface area contributed by atoms with Crippen molar-refractivity contribution in [1.82, 2.24) is 0 Å². The molecule has 0 aromatic rings. The Kier molecular flexibility index (Phi) is 3.16. The fourth-order valence-electron chi connectivity index (χ4n) is 1.54. The van der Waals surface area contributed by atoms with Gasteiger partial charge in [-0.15, -0.1) is 0 Å². The summed E-state index contributed by atoms with van der Waals surface area (Å²) in [4.78, 5) is 0. The van der Waals surface area contributed by atoms with Gasteiger partial charge in [-0.1, -0.05) is 6.92 Å². The summed E-state index contributed by atoms with van der Waals surface area (Å²) in [7, 11) is 0. The molecule has 0 unspecified atom stereocenters. The Morgan fingerprint density at radius 3 is 2.70 bits per heavy atom. The average molecular weight is 143 g/mol. The van der Waals surface area contributed by atoms with Crippen LogP contribution >= 0.6 is 0 Å². The summed E-state index contributed by atoms with van der Waals surface area (Å²) in [5.41, 5.74) is 5.28. The summed E-state index contributed by atoms with van der Waals surface area (Å²) in [6.07, 6.45) is 2.70. The molecule has 60 valence electrons. The lowest BCUT2D eigenvalue weighted by Gasteiger charge is -2.32. The van der Waals surface area contributed by atoms with Gasteiger partial charge in [-0.3, -0.25) is 0 Å². The summed E-state index contributed by atoms with van der Waals surface area (Å²) in [5, 5.41) is 0. The summed E-state index contributed by atoms with van der Waals surface area (Å²) >= 11 is 0. The molecule has 2 nitrogen and oxygen atoms in total. The number of hydrogen-bond acceptors (Lipinski definition) is 2. The Bertz CT molecular complexity index is 89.3. The Labute approximate surface area is 62.7 Å². The van der Waals surface area contributed by atoms with Crippen LogP contribution in [0.5, 0.6) is 0 Å². The van der Waals surface area contributed by atoms with E-state index in [9.17, 15) is 0 Å². The summed E-state index contributed by atoms with van der Waals surface area (Å²) in [5.74, 6) is 1.77. The fraction of sp³-hybridized carbons (Fsp3) is 1.00. The van der Waals surface area contributed by atoms with Gasteiger partial charge < -0.3 is 10.5 Å². The summed E-state index contributed by atoms with van der Waals surface area (Å²) in [6, 6.07) is 0. The molecule has 10 heavy (non-hydrogen) atoms. The second-order valence-corrected chi connectivity index (χ2v) is 3.31. The highest BCUT2D eigenvalue weighted by molar-refractivity contribution is 4.75. The Morgan fingerprint density at radius 2 is 2.20 bits per heavy atom. The van der Waals surface area contributed by atoms with E-state index in [1.807, 2.05) is 0 Å². The molecule has 1 saturated carbocycles. The number of hydrogen-bond donors (Lipinski definition) is 1. The van der Waals surface area contributed by atoms with Gasteiger partial charge >= 0.3 is 0 Å². The van der Waals surface area contributed by atoms with Crippen LogP contribution in [-0.2, 0) is 4.74 Å². The third-order valence-corrected chi connectivity index (χ3v) is 2.09. The minimum Gasteiger partial charge on any atom is -0.380 e. The minimum absolute atomic E-state index is 0.655. The lowest BCUT2D eigenvalue weighted by atomic mass is 9.77. The average Bonchev–Trinajstić information content (AvgIpc) is 1.85. The van der Waals surface area contributed by atoms with E-state index in [2.05, 4.69) is 6.92 Å². The van der Waals surface area contributed by atoms with Crippen LogP contribution in [-0.4, -0.2) is 19.8 Å². The molecular formula is C8H17NO. The van der Waals surface area contributed by atoms with Gasteiger partial charge in [-0.25, -0.2) is 0 Å². The summed E-state index contributed by atoms with van der Waals surface area (Å²) in [6.45, 7) is 4.61. The van der Waals surface area contributed by atoms with Crippen LogP contribution in [0.1, 0.15) is 19.8 Å². The topological polar surface area (TPSA) is 35.2 Å².